The summed E-state index contributed by atoms with van der Waals surface area (Å²) in [7, 11) is 2.13. The summed E-state index contributed by atoms with van der Waals surface area (Å²) in [5.74, 6) is -0.984. The second kappa shape index (κ2) is 12.5. The molecule has 0 saturated carbocycles. The molecule has 1 atom stereocenters. The Balaban J connectivity index is 1.28. The van der Waals surface area contributed by atoms with E-state index < -0.39 is 18.4 Å². The number of fused-ring (bicyclic) bond motifs is 1. The van der Waals surface area contributed by atoms with Crippen LogP contribution in [0.25, 0.3) is 10.9 Å². The topological polar surface area (TPSA) is 85.5 Å². The first-order valence-electron chi connectivity index (χ1n) is 14.5. The van der Waals surface area contributed by atoms with E-state index in [0.717, 1.165) is 50.4 Å². The number of rotatable bonds is 8. The Hall–Kier alpha value is -4.02. The molecule has 4 aromatic rings. The van der Waals surface area contributed by atoms with Gasteiger partial charge in [-0.1, -0.05) is 18.2 Å². The van der Waals surface area contributed by atoms with E-state index in [4.69, 9.17) is 4.74 Å². The van der Waals surface area contributed by atoms with Crippen molar-refractivity contribution in [2.45, 2.75) is 24.8 Å². The number of carbonyl (C=O) groups excluding carboxylic acids is 1. The number of benzene rings is 3. The first-order valence-corrected chi connectivity index (χ1v) is 14.5. The van der Waals surface area contributed by atoms with E-state index in [1.54, 1.807) is 30.3 Å². The number of anilines is 3. The van der Waals surface area contributed by atoms with E-state index in [2.05, 4.69) is 43.7 Å². The van der Waals surface area contributed by atoms with Crippen molar-refractivity contribution in [3.8, 4) is 0 Å². The number of halogens is 2. The van der Waals surface area contributed by atoms with Gasteiger partial charge in [-0.05, 0) is 73.5 Å². The highest BCUT2D eigenvalue weighted by Gasteiger charge is 2.23. The molecule has 2 saturated heterocycles. The molecule has 42 heavy (non-hydrogen) atoms. The van der Waals surface area contributed by atoms with E-state index in [1.165, 1.54) is 12.1 Å². The normalized spacial score (nSPS) is 17.4. The van der Waals surface area contributed by atoms with Crippen LogP contribution in [0.15, 0.2) is 60.7 Å². The minimum atomic E-state index is -0.685. The summed E-state index contributed by atoms with van der Waals surface area (Å²) in [4.78, 5) is 18.4. The number of aromatic amines is 1. The highest BCUT2D eigenvalue weighted by Crippen LogP contribution is 2.32. The maximum absolute atomic E-state index is 14.2. The number of likely N-dealkylation sites (N-methyl/N-ethyl adjacent to an activating group) is 1. The largest absolute Gasteiger partial charge is 0.381 e. The minimum Gasteiger partial charge on any atom is -0.381 e. The second-order valence-electron chi connectivity index (χ2n) is 11.1. The van der Waals surface area contributed by atoms with Gasteiger partial charge in [-0.25, -0.2) is 4.39 Å². The average molecular weight is 575 g/mol. The molecule has 0 radical (unpaired) electrons. The van der Waals surface area contributed by atoms with Crippen LogP contribution in [-0.4, -0.2) is 80.2 Å². The summed E-state index contributed by atoms with van der Waals surface area (Å²) in [5.41, 5.74) is 4.31. The molecule has 0 bridgehead atoms. The molecule has 1 unspecified atom stereocenters. The first kappa shape index (κ1) is 28.1. The zero-order chi connectivity index (χ0) is 29.1. The smallest absolute Gasteiger partial charge is 0.258 e. The molecule has 3 heterocycles. The van der Waals surface area contributed by atoms with E-state index in [1.807, 2.05) is 12.1 Å². The number of aromatic nitrogens is 2. The molecule has 3 N–H and O–H groups in total. The Morgan fingerprint density at radius 1 is 1.05 bits per heavy atom. The summed E-state index contributed by atoms with van der Waals surface area (Å²) >= 11 is 0. The fourth-order valence-electron chi connectivity index (χ4n) is 5.79. The van der Waals surface area contributed by atoms with E-state index in [-0.39, 0.29) is 11.9 Å². The lowest BCUT2D eigenvalue weighted by Crippen LogP contribution is -2.44. The van der Waals surface area contributed by atoms with Crippen molar-refractivity contribution >= 4 is 34.0 Å². The van der Waals surface area contributed by atoms with Gasteiger partial charge in [-0.2, -0.15) is 5.10 Å². The number of alkyl halides is 1. The third-order valence-electron chi connectivity index (χ3n) is 8.32. The molecule has 2 fully saturated rings. The van der Waals surface area contributed by atoms with Crippen LogP contribution in [-0.2, 0) is 4.74 Å². The highest BCUT2D eigenvalue weighted by molar-refractivity contribution is 6.11. The summed E-state index contributed by atoms with van der Waals surface area (Å²) in [6.07, 6.45) is 1.74. The predicted molar refractivity (Wildman–Crippen MR) is 162 cm³/mol. The number of H-pyrrole nitrogens is 1. The Morgan fingerprint density at radius 3 is 2.60 bits per heavy atom. The van der Waals surface area contributed by atoms with E-state index in [9.17, 15) is 13.6 Å². The van der Waals surface area contributed by atoms with Gasteiger partial charge in [0.25, 0.3) is 5.91 Å². The van der Waals surface area contributed by atoms with Crippen LogP contribution >= 0.6 is 0 Å². The standard InChI is InChI=1S/C32H36F2N6O2/c1-39-11-13-40(14-12-39)25-6-7-26(30(19-25)35-24-9-15-42-16-10-24)32(41)36-31-27-18-22(5-8-29(27)37-38-31)28(20-33)21-3-2-4-23(34)17-21/h2-8,17-19,24,28,35H,9-16,20H2,1H3,(H2,36,37,38,41). The summed E-state index contributed by atoms with van der Waals surface area (Å²) in [6.45, 7) is 4.52. The van der Waals surface area contributed by atoms with Crippen molar-refractivity contribution in [2.75, 3.05) is 68.6 Å². The molecular formula is C32H36F2N6O2. The summed E-state index contributed by atoms with van der Waals surface area (Å²) in [6, 6.07) is 17.6. The fourth-order valence-corrected chi connectivity index (χ4v) is 5.79. The molecule has 2 aliphatic rings. The molecule has 3 aromatic carbocycles. The number of piperazine rings is 1. The molecular weight excluding hydrogens is 538 g/mol. The quantitative estimate of drug-likeness (QED) is 0.261. The van der Waals surface area contributed by atoms with Crippen molar-refractivity contribution in [2.24, 2.45) is 0 Å². The number of hydrogen-bond donors (Lipinski definition) is 3. The number of amides is 1. The lowest BCUT2D eigenvalue weighted by Gasteiger charge is -2.34. The van der Waals surface area contributed by atoms with Crippen LogP contribution < -0.4 is 15.5 Å². The average Bonchev–Trinajstić information content (AvgIpc) is 3.40. The third kappa shape index (κ3) is 6.10. The van der Waals surface area contributed by atoms with Gasteiger partial charge in [-0.3, -0.25) is 14.3 Å². The van der Waals surface area contributed by atoms with Crippen molar-refractivity contribution in [3.05, 3.63) is 83.2 Å². The van der Waals surface area contributed by atoms with E-state index >= 15 is 0 Å². The molecule has 0 aliphatic carbocycles. The Bertz CT molecular complexity index is 1550. The fraction of sp³-hybridized carbons (Fsp3) is 0.375. The monoisotopic (exact) mass is 574 g/mol. The van der Waals surface area contributed by atoms with Gasteiger partial charge in [0.15, 0.2) is 5.82 Å². The van der Waals surface area contributed by atoms with Gasteiger partial charge in [0.2, 0.25) is 0 Å². The molecule has 220 valence electrons. The number of nitrogens with one attached hydrogen (secondary N) is 3. The van der Waals surface area contributed by atoms with Gasteiger partial charge in [-0.15, -0.1) is 0 Å². The van der Waals surface area contributed by atoms with Crippen molar-refractivity contribution in [1.29, 1.82) is 0 Å². The Kier molecular flexibility index (Phi) is 8.34. The van der Waals surface area contributed by atoms with Crippen molar-refractivity contribution in [1.82, 2.24) is 15.1 Å². The lowest BCUT2D eigenvalue weighted by molar-refractivity contribution is 0.0904. The molecule has 2 aliphatic heterocycles. The highest BCUT2D eigenvalue weighted by atomic mass is 19.1. The first-order chi connectivity index (χ1) is 20.5. The molecule has 10 heteroatoms. The van der Waals surface area contributed by atoms with Gasteiger partial charge in [0, 0.05) is 68.1 Å². The third-order valence-corrected chi connectivity index (χ3v) is 8.32. The Morgan fingerprint density at radius 2 is 1.83 bits per heavy atom. The van der Waals surface area contributed by atoms with Gasteiger partial charge < -0.3 is 25.2 Å². The molecule has 0 spiro atoms. The van der Waals surface area contributed by atoms with Crippen LogP contribution in [0.4, 0.5) is 26.0 Å². The van der Waals surface area contributed by atoms with E-state index in [0.29, 0.717) is 46.6 Å². The molecule has 1 aromatic heterocycles. The zero-order valence-corrected chi connectivity index (χ0v) is 23.7. The van der Waals surface area contributed by atoms with Gasteiger partial charge in [0.1, 0.15) is 12.5 Å². The van der Waals surface area contributed by atoms with Crippen LogP contribution in [0, 0.1) is 5.82 Å². The lowest BCUT2D eigenvalue weighted by atomic mass is 9.91. The van der Waals surface area contributed by atoms with Crippen LogP contribution in [0.3, 0.4) is 0 Å². The second-order valence-corrected chi connectivity index (χ2v) is 11.1. The van der Waals surface area contributed by atoms with Crippen molar-refractivity contribution in [3.63, 3.8) is 0 Å². The molecule has 8 nitrogen and oxygen atoms in total. The van der Waals surface area contributed by atoms with Gasteiger partial charge in [0.05, 0.1) is 11.1 Å². The maximum atomic E-state index is 14.2. The minimum absolute atomic E-state index is 0.210. The van der Waals surface area contributed by atoms with Crippen LogP contribution in [0.2, 0.25) is 0 Å². The van der Waals surface area contributed by atoms with Crippen molar-refractivity contribution < 1.29 is 18.3 Å². The number of nitrogens with zero attached hydrogens (tertiary/aromatic N) is 3. The predicted octanol–water partition coefficient (Wildman–Crippen LogP) is 5.40. The summed E-state index contributed by atoms with van der Waals surface area (Å²) in [5, 5.41) is 14.6. The Labute approximate surface area is 244 Å². The SMILES string of the molecule is CN1CCN(c2ccc(C(=O)Nc3n[nH]c4ccc(C(CF)c5cccc(F)c5)cc34)c(NC3CCOCC3)c2)CC1. The van der Waals surface area contributed by atoms with Crippen LogP contribution in [0.5, 0.6) is 0 Å². The molecule has 6 rings (SSSR count). The summed E-state index contributed by atoms with van der Waals surface area (Å²) < 4.78 is 33.6. The van der Waals surface area contributed by atoms with Gasteiger partial charge >= 0.3 is 0 Å². The zero-order valence-electron chi connectivity index (χ0n) is 23.7. The number of carbonyl (C=O) groups is 1. The maximum Gasteiger partial charge on any atom is 0.258 e. The molecule has 1 amide bonds. The van der Waals surface area contributed by atoms with Crippen LogP contribution in [0.1, 0.15) is 40.2 Å². The number of hydrogen-bond acceptors (Lipinski definition) is 6. The number of ether oxygens (including phenoxy) is 1.